The van der Waals surface area contributed by atoms with E-state index in [4.69, 9.17) is 58.8 Å². The maximum atomic E-state index is 6.25. The van der Waals surface area contributed by atoms with Crippen molar-refractivity contribution < 1.29 is 41.1 Å². The Labute approximate surface area is 239 Å². The molecule has 2 aromatic carbocycles. The zero-order valence-corrected chi connectivity index (χ0v) is 24.4. The van der Waals surface area contributed by atoms with Crippen LogP contribution in [0.25, 0.3) is 0 Å². The van der Waals surface area contributed by atoms with E-state index in [2.05, 4.69) is 0 Å². The molecule has 8 nitrogen and oxygen atoms in total. The Bertz CT molecular complexity index is 951. The Kier molecular flexibility index (Phi) is 12.3. The predicted octanol–water partition coefficient (Wildman–Crippen LogP) is 6.55. The Morgan fingerprint density at radius 2 is 0.974 bits per heavy atom. The summed E-state index contributed by atoms with van der Waals surface area (Å²) in [5.74, 6) is -1.88. The van der Waals surface area contributed by atoms with Gasteiger partial charge in [0.05, 0.1) is 32.8 Å². The van der Waals surface area contributed by atoms with E-state index < -0.39 is 24.0 Å². The Morgan fingerprint density at radius 1 is 0.658 bits per heavy atom. The fraction of sp³-hybridized carbons (Fsp3) is 0.481. The van der Waals surface area contributed by atoms with Crippen LogP contribution in [0.1, 0.15) is 57.3 Å². The molecular formula is C27H34Cl2N2NiO6. The minimum atomic E-state index is -1.35. The average Bonchev–Trinajstić information content (AvgIpc) is 3.44. The monoisotopic (exact) mass is 610 g/mol. The standard InChI is InChI=1S/C27H34N2O6.2ClH.Ni/c1-5-30-26(31-6-2)24(20-15-11-9-12-16-20)28-22(34-26)19-23-29-25(21-17-13-10-14-18-21)27(35-23,32-7-3)33-8-4;;;/h9-18,24-25H,5-8,19H2,1-4H3;2*1H;/q;;;+2/p-2/t24-,25-;;;/m1.../s1. The van der Waals surface area contributed by atoms with Gasteiger partial charge in [-0.25, -0.2) is 9.98 Å². The number of halogens is 2. The first-order chi connectivity index (χ1) is 18.5. The maximum absolute atomic E-state index is 6.25. The molecule has 2 atom stereocenters. The molecule has 0 saturated carbocycles. The van der Waals surface area contributed by atoms with Gasteiger partial charge < -0.3 is 28.4 Å². The normalized spacial score (nSPS) is 21.1. The molecule has 11 heteroatoms. The van der Waals surface area contributed by atoms with Crippen LogP contribution < -0.4 is 0 Å². The van der Waals surface area contributed by atoms with Crippen LogP contribution >= 0.6 is 20.4 Å². The predicted molar refractivity (Wildman–Crippen MR) is 144 cm³/mol. The second kappa shape index (κ2) is 15.2. The van der Waals surface area contributed by atoms with Gasteiger partial charge >= 0.3 is 45.0 Å². The summed E-state index contributed by atoms with van der Waals surface area (Å²) in [6, 6.07) is 18.7. The number of nitrogens with zero attached hydrogens (tertiary/aromatic N) is 2. The molecule has 2 heterocycles. The van der Waals surface area contributed by atoms with Gasteiger partial charge in [0.25, 0.3) is 0 Å². The van der Waals surface area contributed by atoms with E-state index in [1.54, 1.807) is 0 Å². The van der Waals surface area contributed by atoms with Crippen molar-refractivity contribution in [1.82, 2.24) is 0 Å². The number of aliphatic imine (C=N–C) groups is 2. The van der Waals surface area contributed by atoms with Crippen LogP contribution in [0.2, 0.25) is 0 Å². The molecule has 0 fully saturated rings. The van der Waals surface area contributed by atoms with E-state index in [9.17, 15) is 0 Å². The summed E-state index contributed by atoms with van der Waals surface area (Å²) in [4.78, 5) is 9.70. The quantitative estimate of drug-likeness (QED) is 0.200. The van der Waals surface area contributed by atoms with E-state index in [0.29, 0.717) is 50.9 Å². The third-order valence-electron chi connectivity index (χ3n) is 5.65. The molecule has 2 aliphatic heterocycles. The summed E-state index contributed by atoms with van der Waals surface area (Å²) >= 11 is 0.569. The molecule has 0 radical (unpaired) electrons. The second-order valence-corrected chi connectivity index (χ2v) is 9.67. The van der Waals surface area contributed by atoms with Crippen LogP contribution in [-0.2, 0) is 41.1 Å². The third kappa shape index (κ3) is 7.27. The van der Waals surface area contributed by atoms with Gasteiger partial charge in [-0.05, 0) is 38.8 Å². The zero-order chi connectivity index (χ0) is 27.4. The molecule has 38 heavy (non-hydrogen) atoms. The summed E-state index contributed by atoms with van der Waals surface area (Å²) in [6.45, 7) is 9.20. The van der Waals surface area contributed by atoms with Crippen LogP contribution in [-0.4, -0.2) is 50.2 Å². The molecule has 212 valence electrons. The molecule has 4 rings (SSSR count). The van der Waals surface area contributed by atoms with Gasteiger partial charge in [0.15, 0.2) is 23.9 Å². The van der Waals surface area contributed by atoms with Gasteiger partial charge in [-0.2, -0.15) is 0 Å². The molecule has 0 N–H and O–H groups in total. The van der Waals surface area contributed by atoms with Crippen molar-refractivity contribution in [3.05, 3.63) is 71.8 Å². The van der Waals surface area contributed by atoms with Crippen molar-refractivity contribution in [2.75, 3.05) is 26.4 Å². The molecule has 0 aromatic heterocycles. The van der Waals surface area contributed by atoms with Crippen molar-refractivity contribution in [2.24, 2.45) is 9.98 Å². The van der Waals surface area contributed by atoms with E-state index >= 15 is 0 Å². The molecule has 2 aromatic rings. The summed E-state index contributed by atoms with van der Waals surface area (Å²) < 4.78 is 36.6. The first-order valence-corrected chi connectivity index (χ1v) is 15.2. The van der Waals surface area contributed by atoms with Gasteiger partial charge in [-0.1, -0.05) is 60.7 Å². The van der Waals surface area contributed by atoms with Crippen LogP contribution in [0.3, 0.4) is 0 Å². The first-order valence-electron chi connectivity index (χ1n) is 12.5. The van der Waals surface area contributed by atoms with Crippen molar-refractivity contribution in [1.29, 1.82) is 0 Å². The van der Waals surface area contributed by atoms with Crippen LogP contribution in [0.5, 0.6) is 0 Å². The summed E-state index contributed by atoms with van der Waals surface area (Å²) in [5, 5.41) is 0. The molecule has 0 aliphatic carbocycles. The van der Waals surface area contributed by atoms with Crippen LogP contribution in [0.15, 0.2) is 70.6 Å². The Morgan fingerprint density at radius 3 is 1.26 bits per heavy atom. The summed E-state index contributed by atoms with van der Waals surface area (Å²) in [7, 11) is 9.40. The SMILES string of the molecule is CCOC1(OCC)OC(CC2=N[C@H](c3ccccc3)C(OCC)(OCC)O2)=N[C@@H]1c1ccccc1.[Cl][Ni][Cl]. The number of hydrogen-bond donors (Lipinski definition) is 0. The number of hydrogen-bond acceptors (Lipinski definition) is 8. The molecule has 0 unspecified atom stereocenters. The fourth-order valence-corrected chi connectivity index (χ4v) is 4.38. The molecular weight excluding hydrogens is 578 g/mol. The number of benzene rings is 2. The van der Waals surface area contributed by atoms with Crippen LogP contribution in [0, 0.1) is 0 Å². The van der Waals surface area contributed by atoms with Gasteiger partial charge in [-0.3, -0.25) is 0 Å². The van der Waals surface area contributed by atoms with E-state index in [0.717, 1.165) is 11.1 Å². The first kappa shape index (κ1) is 30.8. The van der Waals surface area contributed by atoms with E-state index in [-0.39, 0.29) is 6.42 Å². The topological polar surface area (TPSA) is 80.1 Å². The molecule has 0 spiro atoms. The van der Waals surface area contributed by atoms with Crippen molar-refractivity contribution in [3.8, 4) is 0 Å². The second-order valence-electron chi connectivity index (χ2n) is 8.04. The third-order valence-corrected chi connectivity index (χ3v) is 5.65. The van der Waals surface area contributed by atoms with Gasteiger partial charge in [-0.15, -0.1) is 0 Å². The minimum absolute atomic E-state index is 0.205. The van der Waals surface area contributed by atoms with Crippen molar-refractivity contribution >= 4 is 32.2 Å². The van der Waals surface area contributed by atoms with Gasteiger partial charge in [0.1, 0.15) is 0 Å². The molecule has 0 amide bonds. The molecule has 0 bridgehead atoms. The molecule has 2 aliphatic rings. The summed E-state index contributed by atoms with van der Waals surface area (Å²) in [5.41, 5.74) is 1.86. The van der Waals surface area contributed by atoms with Crippen molar-refractivity contribution in [3.63, 3.8) is 0 Å². The Hall–Kier alpha value is -1.71. The van der Waals surface area contributed by atoms with Crippen LogP contribution in [0.4, 0.5) is 0 Å². The number of ether oxygens (including phenoxy) is 6. The zero-order valence-electron chi connectivity index (χ0n) is 21.9. The Balaban J connectivity index is 0.00000127. The van der Waals surface area contributed by atoms with Gasteiger partial charge in [0.2, 0.25) is 0 Å². The average molecular weight is 612 g/mol. The van der Waals surface area contributed by atoms with Crippen molar-refractivity contribution in [2.45, 2.75) is 58.1 Å². The van der Waals surface area contributed by atoms with E-state index in [1.807, 2.05) is 88.4 Å². The molecule has 0 saturated heterocycles. The number of rotatable bonds is 12. The fourth-order valence-electron chi connectivity index (χ4n) is 4.38. The summed E-state index contributed by atoms with van der Waals surface area (Å²) in [6.07, 6.45) is 0.205. The van der Waals surface area contributed by atoms with E-state index in [1.165, 1.54) is 0 Å². The van der Waals surface area contributed by atoms with Gasteiger partial charge in [0, 0.05) is 0 Å².